The molecule has 1 aliphatic carbocycles. The van der Waals surface area contributed by atoms with E-state index in [1.54, 1.807) is 0 Å². The zero-order chi connectivity index (χ0) is 47.7. The fourth-order valence-corrected chi connectivity index (χ4v) is 12.3. The number of unbranched alkanes of at least 4 members (excludes halogenated alkanes) is 20. The van der Waals surface area contributed by atoms with E-state index in [9.17, 15) is 24.6 Å². The normalized spacial score (nSPS) is 26.3. The SMILES string of the molecule is CCCCCCCCCCCCCC1(C(=O)O)C=CC(C(=O)OC2CC(C)(C)NC(C)(C)C2)C(CCCCCCCCCCCCC)(C(=O)O)C1C(=O)OC1CC(C)(C)NC(C)(C)C1. The molecule has 0 aromatic heterocycles. The standard InChI is InChI=1S/C54H96N2O8/c1-11-13-15-17-19-21-23-25-27-29-31-34-53(47(59)60)36-33-43(45(57)63-41-37-49(3,4)55-50(5,6)38-41)54(48(61)62,35-32-30-28-26-24-22-20-18-16-14-12-2)44(53)46(58)64-42-39-51(7,8)56-52(9,10)40-42/h33,36,41-44,55-56H,11-32,34-35,37-40H2,1-10H3,(H,59,60)(H,61,62). The molecule has 2 aliphatic heterocycles. The van der Waals surface area contributed by atoms with Gasteiger partial charge in [0, 0.05) is 47.8 Å². The average molecular weight is 901 g/mol. The summed E-state index contributed by atoms with van der Waals surface area (Å²) >= 11 is 0. The minimum atomic E-state index is -2.10. The van der Waals surface area contributed by atoms with Crippen molar-refractivity contribution in [2.75, 3.05) is 0 Å². The van der Waals surface area contributed by atoms with Crippen LogP contribution in [-0.4, -0.2) is 68.5 Å². The van der Waals surface area contributed by atoms with Crippen molar-refractivity contribution in [2.45, 2.75) is 283 Å². The smallest absolute Gasteiger partial charge is 0.314 e. The maximum absolute atomic E-state index is 15.3. The molecule has 3 rings (SSSR count). The number of piperidine rings is 2. The van der Waals surface area contributed by atoms with Crippen LogP contribution >= 0.6 is 0 Å². The third-order valence-electron chi connectivity index (χ3n) is 14.7. The Hall–Kier alpha value is -2.46. The molecular weight excluding hydrogens is 805 g/mol. The molecule has 0 spiro atoms. The zero-order valence-electron chi connectivity index (χ0n) is 42.6. The second kappa shape index (κ2) is 25.6. The number of nitrogens with one attached hydrogen (secondary N) is 2. The molecule has 0 radical (unpaired) electrons. The number of ether oxygens (including phenoxy) is 2. The van der Waals surface area contributed by atoms with Gasteiger partial charge >= 0.3 is 23.9 Å². The van der Waals surface area contributed by atoms with Gasteiger partial charge in [0.15, 0.2) is 0 Å². The van der Waals surface area contributed by atoms with Crippen LogP contribution in [0.25, 0.3) is 0 Å². The highest BCUT2D eigenvalue weighted by Crippen LogP contribution is 2.57. The third kappa shape index (κ3) is 17.0. The van der Waals surface area contributed by atoms with Gasteiger partial charge in [0.25, 0.3) is 0 Å². The van der Waals surface area contributed by atoms with Gasteiger partial charge in [0.1, 0.15) is 17.6 Å². The van der Waals surface area contributed by atoms with Gasteiger partial charge in [-0.25, -0.2) is 0 Å². The summed E-state index contributed by atoms with van der Waals surface area (Å²) in [6.07, 6.45) is 27.4. The molecule has 2 saturated heterocycles. The maximum atomic E-state index is 15.3. The predicted octanol–water partition coefficient (Wildman–Crippen LogP) is 13.0. The first-order valence-electron chi connectivity index (χ1n) is 26.2. The number of hydrogen-bond acceptors (Lipinski definition) is 8. The van der Waals surface area contributed by atoms with Crippen LogP contribution in [0.3, 0.4) is 0 Å². The first kappa shape index (κ1) is 55.9. The van der Waals surface area contributed by atoms with Gasteiger partial charge in [-0.3, -0.25) is 19.2 Å². The number of esters is 2. The molecule has 4 atom stereocenters. The minimum absolute atomic E-state index is 0.0388. The number of rotatable bonds is 30. The number of carbonyl (C=O) groups is 4. The van der Waals surface area contributed by atoms with Gasteiger partial charge in [-0.2, -0.15) is 0 Å². The number of carboxylic acids is 2. The van der Waals surface area contributed by atoms with Gasteiger partial charge < -0.3 is 30.3 Å². The lowest BCUT2D eigenvalue weighted by atomic mass is 9.50. The van der Waals surface area contributed by atoms with Crippen molar-refractivity contribution in [3.63, 3.8) is 0 Å². The van der Waals surface area contributed by atoms with E-state index in [-0.39, 0.29) is 35.0 Å². The molecule has 2 heterocycles. The molecule has 10 nitrogen and oxygen atoms in total. The minimum Gasteiger partial charge on any atom is -0.481 e. The molecule has 0 amide bonds. The van der Waals surface area contributed by atoms with E-state index < -0.39 is 58.8 Å². The molecule has 2 fully saturated rings. The Labute approximate surface area is 390 Å². The summed E-state index contributed by atoms with van der Waals surface area (Å²) in [6.45, 7) is 20.9. The number of hydrogen-bond donors (Lipinski definition) is 4. The quantitative estimate of drug-likeness (QED) is 0.0311. The third-order valence-corrected chi connectivity index (χ3v) is 14.7. The zero-order valence-corrected chi connectivity index (χ0v) is 42.6. The fourth-order valence-electron chi connectivity index (χ4n) is 12.3. The van der Waals surface area contributed by atoms with Gasteiger partial charge in [0.05, 0.1) is 17.3 Å². The van der Waals surface area contributed by atoms with Crippen molar-refractivity contribution in [1.29, 1.82) is 0 Å². The second-order valence-electron chi connectivity index (χ2n) is 23.3. The first-order chi connectivity index (χ1) is 30.1. The summed E-state index contributed by atoms with van der Waals surface area (Å²) in [6, 6.07) is 0. The van der Waals surface area contributed by atoms with E-state index in [1.807, 2.05) is 0 Å². The van der Waals surface area contributed by atoms with Crippen LogP contribution in [0.2, 0.25) is 0 Å². The monoisotopic (exact) mass is 901 g/mol. The van der Waals surface area contributed by atoms with Crippen molar-refractivity contribution in [1.82, 2.24) is 10.6 Å². The molecule has 0 bridgehead atoms. The van der Waals surface area contributed by atoms with Gasteiger partial charge in [-0.15, -0.1) is 0 Å². The topological polar surface area (TPSA) is 151 Å². The molecule has 370 valence electrons. The lowest BCUT2D eigenvalue weighted by molar-refractivity contribution is -0.195. The van der Waals surface area contributed by atoms with Crippen molar-refractivity contribution in [3.8, 4) is 0 Å². The van der Waals surface area contributed by atoms with E-state index >= 15 is 4.79 Å². The summed E-state index contributed by atoms with van der Waals surface area (Å²) in [5, 5.41) is 30.4. The summed E-state index contributed by atoms with van der Waals surface area (Å²) in [4.78, 5) is 58.6. The van der Waals surface area contributed by atoms with Crippen molar-refractivity contribution >= 4 is 23.9 Å². The largest absolute Gasteiger partial charge is 0.481 e. The van der Waals surface area contributed by atoms with Crippen LogP contribution in [0.1, 0.15) is 249 Å². The van der Waals surface area contributed by atoms with Crippen molar-refractivity contribution in [2.24, 2.45) is 22.7 Å². The number of aliphatic carboxylic acids is 2. The van der Waals surface area contributed by atoms with Crippen LogP contribution in [0, 0.1) is 22.7 Å². The van der Waals surface area contributed by atoms with Crippen molar-refractivity contribution < 1.29 is 38.9 Å². The molecule has 4 N–H and O–H groups in total. The molecular formula is C54H96N2O8. The Morgan fingerprint density at radius 1 is 0.484 bits per heavy atom. The Balaban J connectivity index is 2.02. The van der Waals surface area contributed by atoms with E-state index in [0.29, 0.717) is 44.9 Å². The lowest BCUT2D eigenvalue weighted by Crippen LogP contribution is -2.63. The highest BCUT2D eigenvalue weighted by atomic mass is 16.6. The fraction of sp³-hybridized carbons (Fsp3) is 0.889. The van der Waals surface area contributed by atoms with Crippen LogP contribution in [0.15, 0.2) is 12.2 Å². The highest BCUT2D eigenvalue weighted by molar-refractivity contribution is 5.96. The van der Waals surface area contributed by atoms with E-state index in [4.69, 9.17) is 9.47 Å². The predicted molar refractivity (Wildman–Crippen MR) is 259 cm³/mol. The van der Waals surface area contributed by atoms with Gasteiger partial charge in [-0.1, -0.05) is 167 Å². The second-order valence-corrected chi connectivity index (χ2v) is 23.3. The number of carboxylic acid groups (broad SMARTS) is 2. The molecule has 0 aromatic rings. The lowest BCUT2D eigenvalue weighted by Gasteiger charge is -2.51. The molecule has 4 unspecified atom stereocenters. The van der Waals surface area contributed by atoms with Crippen LogP contribution in [-0.2, 0) is 28.7 Å². The highest BCUT2D eigenvalue weighted by Gasteiger charge is 2.68. The van der Waals surface area contributed by atoms with Gasteiger partial charge in [-0.05, 0) is 68.2 Å². The number of carbonyl (C=O) groups excluding carboxylic acids is 2. The van der Waals surface area contributed by atoms with Crippen LogP contribution in [0.5, 0.6) is 0 Å². The summed E-state index contributed by atoms with van der Waals surface area (Å²) < 4.78 is 12.8. The Morgan fingerprint density at radius 3 is 1.16 bits per heavy atom. The molecule has 64 heavy (non-hydrogen) atoms. The van der Waals surface area contributed by atoms with E-state index in [1.165, 1.54) is 89.2 Å². The van der Waals surface area contributed by atoms with Crippen molar-refractivity contribution in [3.05, 3.63) is 12.2 Å². The Kier molecular flexibility index (Phi) is 22.4. The van der Waals surface area contributed by atoms with Gasteiger partial charge in [0.2, 0.25) is 0 Å². The molecule has 0 aromatic carbocycles. The summed E-state index contributed by atoms with van der Waals surface area (Å²) in [7, 11) is 0. The van der Waals surface area contributed by atoms with E-state index in [0.717, 1.165) is 44.9 Å². The van der Waals surface area contributed by atoms with Crippen LogP contribution in [0.4, 0.5) is 0 Å². The molecule has 10 heteroatoms. The molecule has 3 aliphatic rings. The summed E-state index contributed by atoms with van der Waals surface area (Å²) in [5.41, 5.74) is -5.45. The van der Waals surface area contributed by atoms with E-state index in [2.05, 4.69) is 79.9 Å². The Morgan fingerprint density at radius 2 is 0.812 bits per heavy atom. The Bertz CT molecular complexity index is 1450. The average Bonchev–Trinajstić information content (AvgIpc) is 3.16. The first-order valence-corrected chi connectivity index (χ1v) is 26.2. The van der Waals surface area contributed by atoms with Crippen LogP contribution < -0.4 is 10.6 Å². The summed E-state index contributed by atoms with van der Waals surface area (Å²) in [5.74, 6) is -7.16. The maximum Gasteiger partial charge on any atom is 0.314 e. The molecule has 0 saturated carbocycles.